The number of rotatable bonds is 2. The standard InChI is InChI=1S/C11H11BrFNO4S/c12-9-7(11(15)16)1-2-8(10(9)13)14-3-5-19(17,18)6-4-14/h1-2H,3-6H2,(H,15,16). The summed E-state index contributed by atoms with van der Waals surface area (Å²) in [5, 5.41) is 8.87. The van der Waals surface area contributed by atoms with Gasteiger partial charge in [0, 0.05) is 13.1 Å². The summed E-state index contributed by atoms with van der Waals surface area (Å²) in [7, 11) is -3.04. The summed E-state index contributed by atoms with van der Waals surface area (Å²) >= 11 is 2.92. The van der Waals surface area contributed by atoms with E-state index in [4.69, 9.17) is 5.11 Å². The Morgan fingerprint density at radius 2 is 1.89 bits per heavy atom. The van der Waals surface area contributed by atoms with Crippen LogP contribution in [0.15, 0.2) is 16.6 Å². The summed E-state index contributed by atoms with van der Waals surface area (Å²) in [6.45, 7) is 0.413. The second-order valence-electron chi connectivity index (χ2n) is 4.20. The van der Waals surface area contributed by atoms with Crippen molar-refractivity contribution in [1.82, 2.24) is 0 Å². The summed E-state index contributed by atoms with van der Waals surface area (Å²) < 4.78 is 36.6. The molecule has 0 atom stereocenters. The zero-order valence-electron chi connectivity index (χ0n) is 9.77. The lowest BCUT2D eigenvalue weighted by Gasteiger charge is -2.29. The van der Waals surface area contributed by atoms with Gasteiger partial charge in [0.1, 0.15) is 0 Å². The van der Waals surface area contributed by atoms with Crippen molar-refractivity contribution in [1.29, 1.82) is 0 Å². The predicted octanol–water partition coefficient (Wildman–Crippen LogP) is 1.52. The topological polar surface area (TPSA) is 74.7 Å². The first-order valence-electron chi connectivity index (χ1n) is 5.48. The number of benzene rings is 1. The van der Waals surface area contributed by atoms with Crippen LogP contribution in [0.2, 0.25) is 0 Å². The van der Waals surface area contributed by atoms with E-state index in [1.807, 2.05) is 0 Å². The highest BCUT2D eigenvalue weighted by atomic mass is 79.9. The van der Waals surface area contributed by atoms with Crippen LogP contribution >= 0.6 is 15.9 Å². The van der Waals surface area contributed by atoms with Crippen LogP contribution in [0.1, 0.15) is 10.4 Å². The number of sulfone groups is 1. The molecular weight excluding hydrogens is 341 g/mol. The molecule has 0 amide bonds. The van der Waals surface area contributed by atoms with Crippen LogP contribution in [-0.2, 0) is 9.84 Å². The maximum Gasteiger partial charge on any atom is 0.336 e. The van der Waals surface area contributed by atoms with Gasteiger partial charge in [-0.3, -0.25) is 0 Å². The minimum absolute atomic E-state index is 0.0231. The molecule has 1 N–H and O–H groups in total. The number of anilines is 1. The summed E-state index contributed by atoms with van der Waals surface area (Å²) in [5.74, 6) is -1.95. The molecule has 1 fully saturated rings. The van der Waals surface area contributed by atoms with Crippen LogP contribution in [0.5, 0.6) is 0 Å². The molecule has 104 valence electrons. The molecule has 1 heterocycles. The molecule has 19 heavy (non-hydrogen) atoms. The number of carbonyl (C=O) groups is 1. The smallest absolute Gasteiger partial charge is 0.336 e. The molecule has 1 saturated heterocycles. The maximum absolute atomic E-state index is 14.1. The Balaban J connectivity index is 2.32. The minimum Gasteiger partial charge on any atom is -0.478 e. The number of aromatic carboxylic acids is 1. The highest BCUT2D eigenvalue weighted by Crippen LogP contribution is 2.30. The number of halogens is 2. The van der Waals surface area contributed by atoms with Gasteiger partial charge < -0.3 is 10.0 Å². The van der Waals surface area contributed by atoms with Gasteiger partial charge in [-0.15, -0.1) is 0 Å². The molecule has 0 saturated carbocycles. The third-order valence-corrected chi connectivity index (χ3v) is 5.36. The van der Waals surface area contributed by atoms with Crippen molar-refractivity contribution in [3.63, 3.8) is 0 Å². The van der Waals surface area contributed by atoms with Crippen LogP contribution in [0, 0.1) is 5.82 Å². The number of carboxylic acids is 1. The Labute approximate surface area is 118 Å². The highest BCUT2D eigenvalue weighted by molar-refractivity contribution is 9.10. The third kappa shape index (κ3) is 2.89. The van der Waals surface area contributed by atoms with E-state index in [0.29, 0.717) is 0 Å². The van der Waals surface area contributed by atoms with Crippen LogP contribution in [0.4, 0.5) is 10.1 Å². The van der Waals surface area contributed by atoms with Gasteiger partial charge in [0.2, 0.25) is 0 Å². The average molecular weight is 352 g/mol. The van der Waals surface area contributed by atoms with Gasteiger partial charge in [0.25, 0.3) is 0 Å². The summed E-state index contributed by atoms with van der Waals surface area (Å²) in [6.07, 6.45) is 0. The molecule has 2 rings (SSSR count). The SMILES string of the molecule is O=C(O)c1ccc(N2CCS(=O)(=O)CC2)c(F)c1Br. The van der Waals surface area contributed by atoms with E-state index in [1.165, 1.54) is 12.1 Å². The van der Waals surface area contributed by atoms with Gasteiger partial charge in [-0.1, -0.05) is 0 Å². The van der Waals surface area contributed by atoms with Gasteiger partial charge in [-0.25, -0.2) is 17.6 Å². The van der Waals surface area contributed by atoms with E-state index in [1.54, 1.807) is 4.90 Å². The highest BCUT2D eigenvalue weighted by Gasteiger charge is 2.25. The van der Waals surface area contributed by atoms with E-state index in [-0.39, 0.29) is 40.3 Å². The van der Waals surface area contributed by atoms with Crippen LogP contribution < -0.4 is 4.90 Å². The molecule has 1 aliphatic heterocycles. The number of nitrogens with zero attached hydrogens (tertiary/aromatic N) is 1. The van der Waals surface area contributed by atoms with Crippen molar-refractivity contribution in [2.75, 3.05) is 29.5 Å². The van der Waals surface area contributed by atoms with Crippen molar-refractivity contribution in [3.8, 4) is 0 Å². The van der Waals surface area contributed by atoms with E-state index >= 15 is 0 Å². The first kappa shape index (κ1) is 14.3. The monoisotopic (exact) mass is 351 g/mol. The van der Waals surface area contributed by atoms with E-state index in [2.05, 4.69) is 15.9 Å². The zero-order valence-corrected chi connectivity index (χ0v) is 12.2. The fourth-order valence-corrected chi connectivity index (χ4v) is 3.61. The Kier molecular flexibility index (Phi) is 3.82. The van der Waals surface area contributed by atoms with Crippen LogP contribution in [-0.4, -0.2) is 44.1 Å². The molecule has 0 bridgehead atoms. The Morgan fingerprint density at radius 1 is 1.32 bits per heavy atom. The molecule has 0 radical (unpaired) electrons. The molecule has 0 spiro atoms. The number of carboxylic acid groups (broad SMARTS) is 1. The van der Waals surface area contributed by atoms with Crippen molar-refractivity contribution in [2.45, 2.75) is 0 Å². The van der Waals surface area contributed by atoms with Crippen LogP contribution in [0.3, 0.4) is 0 Å². The maximum atomic E-state index is 14.1. The Morgan fingerprint density at radius 3 is 2.42 bits per heavy atom. The van der Waals surface area contributed by atoms with Crippen molar-refractivity contribution >= 4 is 37.4 Å². The second-order valence-corrected chi connectivity index (χ2v) is 7.30. The van der Waals surface area contributed by atoms with Crippen molar-refractivity contribution in [2.24, 2.45) is 0 Å². The minimum atomic E-state index is -3.04. The fraction of sp³-hybridized carbons (Fsp3) is 0.364. The zero-order chi connectivity index (χ0) is 14.2. The molecule has 1 aromatic carbocycles. The molecule has 1 aromatic rings. The summed E-state index contributed by atoms with van der Waals surface area (Å²) in [5.41, 5.74) is 0.0534. The normalized spacial score (nSPS) is 18.3. The first-order valence-corrected chi connectivity index (χ1v) is 8.10. The second kappa shape index (κ2) is 5.09. The van der Waals surface area contributed by atoms with Crippen LogP contribution in [0.25, 0.3) is 0 Å². The lowest BCUT2D eigenvalue weighted by molar-refractivity contribution is 0.0695. The van der Waals surface area contributed by atoms with Crippen molar-refractivity contribution < 1.29 is 22.7 Å². The number of hydrogen-bond acceptors (Lipinski definition) is 4. The molecule has 5 nitrogen and oxygen atoms in total. The third-order valence-electron chi connectivity index (χ3n) is 2.98. The van der Waals surface area contributed by atoms with E-state index in [0.717, 1.165) is 0 Å². The molecular formula is C11H11BrFNO4S. The molecule has 8 heteroatoms. The number of hydrogen-bond donors (Lipinski definition) is 1. The molecule has 0 unspecified atom stereocenters. The lowest BCUT2D eigenvalue weighted by atomic mass is 10.2. The quantitative estimate of drug-likeness (QED) is 0.874. The van der Waals surface area contributed by atoms with Gasteiger partial charge in [-0.05, 0) is 28.1 Å². The van der Waals surface area contributed by atoms with E-state index in [9.17, 15) is 17.6 Å². The van der Waals surface area contributed by atoms with Gasteiger partial charge in [0.05, 0.1) is 27.2 Å². The van der Waals surface area contributed by atoms with Gasteiger partial charge in [-0.2, -0.15) is 0 Å². The summed E-state index contributed by atoms with van der Waals surface area (Å²) in [6, 6.07) is 2.66. The first-order chi connectivity index (χ1) is 8.82. The fourth-order valence-electron chi connectivity index (χ4n) is 1.90. The van der Waals surface area contributed by atoms with Crippen molar-refractivity contribution in [3.05, 3.63) is 28.0 Å². The Bertz CT molecular complexity index is 618. The molecule has 0 aromatic heterocycles. The lowest BCUT2D eigenvalue weighted by Crippen LogP contribution is -2.40. The average Bonchev–Trinajstić information content (AvgIpc) is 2.33. The predicted molar refractivity (Wildman–Crippen MR) is 71.9 cm³/mol. The molecule has 1 aliphatic rings. The largest absolute Gasteiger partial charge is 0.478 e. The Hall–Kier alpha value is -1.15. The van der Waals surface area contributed by atoms with Gasteiger partial charge >= 0.3 is 5.97 Å². The summed E-state index contributed by atoms with van der Waals surface area (Å²) in [4.78, 5) is 12.5. The van der Waals surface area contributed by atoms with Gasteiger partial charge in [0.15, 0.2) is 15.7 Å². The molecule has 0 aliphatic carbocycles. The van der Waals surface area contributed by atoms with E-state index < -0.39 is 21.6 Å².